The first-order chi connectivity index (χ1) is 9.74. The molecule has 0 aromatic heterocycles. The van der Waals surface area contributed by atoms with Crippen LogP contribution in [0.3, 0.4) is 0 Å². The first-order valence-electron chi connectivity index (χ1n) is 6.55. The van der Waals surface area contributed by atoms with Crippen LogP contribution in [0.5, 0.6) is 0 Å². The van der Waals surface area contributed by atoms with E-state index in [9.17, 15) is 25.2 Å². The molecule has 0 spiro atoms. The van der Waals surface area contributed by atoms with E-state index in [-0.39, 0.29) is 13.0 Å². The maximum Gasteiger partial charge on any atom is 0.217 e. The van der Waals surface area contributed by atoms with Gasteiger partial charge in [0.15, 0.2) is 5.79 Å². The van der Waals surface area contributed by atoms with Gasteiger partial charge in [-0.05, 0) is 0 Å². The summed E-state index contributed by atoms with van der Waals surface area (Å²) in [4.78, 5) is 11.2. The van der Waals surface area contributed by atoms with Crippen LogP contribution in [0.15, 0.2) is 0 Å². The lowest BCUT2D eigenvalue weighted by Gasteiger charge is -2.46. The number of aliphatic hydroxyl groups excluding tert-OH is 4. The predicted molar refractivity (Wildman–Crippen MR) is 69.0 cm³/mol. The Morgan fingerprint density at radius 2 is 2.14 bits per heavy atom. The number of carbonyl (C=O) groups is 1. The van der Waals surface area contributed by atoms with Gasteiger partial charge in [-0.15, -0.1) is 0 Å². The molecule has 0 aromatic carbocycles. The zero-order chi connectivity index (χ0) is 16.2. The van der Waals surface area contributed by atoms with Gasteiger partial charge < -0.3 is 40.3 Å². The molecule has 1 aliphatic rings. The highest BCUT2D eigenvalue weighted by Crippen LogP contribution is 2.30. The average molecular weight is 309 g/mol. The van der Waals surface area contributed by atoms with E-state index in [1.807, 2.05) is 0 Å². The summed E-state index contributed by atoms with van der Waals surface area (Å²) in [5.41, 5.74) is 0. The van der Waals surface area contributed by atoms with Crippen LogP contribution in [-0.2, 0) is 14.3 Å². The molecule has 6 atom stereocenters. The minimum Gasteiger partial charge on any atom is -0.394 e. The van der Waals surface area contributed by atoms with Gasteiger partial charge in [0.25, 0.3) is 0 Å². The molecule has 0 saturated carbocycles. The number of nitrogens with one attached hydrogen (secondary N) is 1. The molecule has 1 amide bonds. The molecule has 0 radical (unpaired) electrons. The van der Waals surface area contributed by atoms with Crippen LogP contribution in [0.2, 0.25) is 0 Å². The van der Waals surface area contributed by atoms with E-state index < -0.39 is 48.8 Å². The van der Waals surface area contributed by atoms with Gasteiger partial charge in [-0.3, -0.25) is 4.79 Å². The lowest BCUT2D eigenvalue weighted by atomic mass is 9.89. The fourth-order valence-corrected chi connectivity index (χ4v) is 2.39. The van der Waals surface area contributed by atoms with E-state index in [0.29, 0.717) is 0 Å². The fourth-order valence-electron chi connectivity index (χ4n) is 2.39. The molecule has 0 aliphatic carbocycles. The summed E-state index contributed by atoms with van der Waals surface area (Å²) >= 11 is 0. The third-order valence-electron chi connectivity index (χ3n) is 3.31. The Kier molecular flexibility index (Phi) is 6.47. The molecule has 0 bridgehead atoms. The zero-order valence-corrected chi connectivity index (χ0v) is 12.0. The topological polar surface area (TPSA) is 149 Å². The lowest BCUT2D eigenvalue weighted by Crippen LogP contribution is -2.66. The summed E-state index contributed by atoms with van der Waals surface area (Å²) in [6.45, 7) is 0.205. The standard InChI is InChI=1S/C12H23NO8/c1-6(15)13-9-7(16)3-12(19,5-20-2)21-11(9)10(18)8(17)4-14/h7-11,14,16-19H,3-5H2,1-2H3,(H,13,15)/t7-,8+,9+,10+,11+,12-/m0/s1. The maximum absolute atomic E-state index is 11.2. The summed E-state index contributed by atoms with van der Waals surface area (Å²) in [7, 11) is 1.32. The summed E-state index contributed by atoms with van der Waals surface area (Å²) < 4.78 is 10.1. The molecule has 1 heterocycles. The number of carbonyl (C=O) groups excluding carboxylic acids is 1. The number of amides is 1. The molecule has 1 saturated heterocycles. The highest BCUT2D eigenvalue weighted by molar-refractivity contribution is 5.73. The van der Waals surface area contributed by atoms with E-state index in [2.05, 4.69) is 5.32 Å². The number of methoxy groups -OCH3 is 1. The first kappa shape index (κ1) is 18.2. The second-order valence-electron chi connectivity index (χ2n) is 5.20. The molecular formula is C12H23NO8. The van der Waals surface area contributed by atoms with E-state index in [0.717, 1.165) is 0 Å². The molecular weight excluding hydrogens is 286 g/mol. The molecule has 9 nitrogen and oxygen atoms in total. The van der Waals surface area contributed by atoms with Gasteiger partial charge in [-0.2, -0.15) is 0 Å². The third-order valence-corrected chi connectivity index (χ3v) is 3.31. The van der Waals surface area contributed by atoms with Crippen molar-refractivity contribution in [2.45, 2.75) is 49.6 Å². The number of rotatable bonds is 6. The van der Waals surface area contributed by atoms with E-state index in [1.54, 1.807) is 0 Å². The van der Waals surface area contributed by atoms with Crippen molar-refractivity contribution in [2.24, 2.45) is 0 Å². The fraction of sp³-hybridized carbons (Fsp3) is 0.917. The van der Waals surface area contributed by atoms with Crippen LogP contribution in [-0.4, -0.2) is 88.0 Å². The van der Waals surface area contributed by atoms with Crippen molar-refractivity contribution in [1.29, 1.82) is 0 Å². The smallest absolute Gasteiger partial charge is 0.217 e. The largest absolute Gasteiger partial charge is 0.394 e. The third kappa shape index (κ3) is 4.58. The molecule has 6 N–H and O–H groups in total. The SMILES string of the molecule is COC[C@]1(O)C[C@H](O)[C@@H](NC(C)=O)[C@H]([C@H](O)[C@H](O)CO)O1. The Morgan fingerprint density at radius 1 is 1.52 bits per heavy atom. The van der Waals surface area contributed by atoms with E-state index in [1.165, 1.54) is 14.0 Å². The Bertz CT molecular complexity index is 354. The zero-order valence-electron chi connectivity index (χ0n) is 12.0. The Morgan fingerprint density at radius 3 is 2.62 bits per heavy atom. The van der Waals surface area contributed by atoms with Crippen molar-refractivity contribution in [1.82, 2.24) is 5.32 Å². The van der Waals surface area contributed by atoms with Gasteiger partial charge in [-0.1, -0.05) is 0 Å². The lowest BCUT2D eigenvalue weighted by molar-refractivity contribution is -0.314. The molecule has 0 unspecified atom stereocenters. The van der Waals surface area contributed by atoms with Crippen molar-refractivity contribution >= 4 is 5.91 Å². The van der Waals surface area contributed by atoms with Gasteiger partial charge in [0.2, 0.25) is 5.91 Å². The molecule has 9 heteroatoms. The van der Waals surface area contributed by atoms with Gasteiger partial charge in [0.1, 0.15) is 24.9 Å². The van der Waals surface area contributed by atoms with E-state index in [4.69, 9.17) is 14.6 Å². The Labute approximate surface area is 122 Å². The van der Waals surface area contributed by atoms with Gasteiger partial charge in [-0.25, -0.2) is 0 Å². The summed E-state index contributed by atoms with van der Waals surface area (Å²) in [6, 6.07) is -1.05. The second-order valence-corrected chi connectivity index (χ2v) is 5.20. The van der Waals surface area contributed by atoms with Crippen LogP contribution in [0.1, 0.15) is 13.3 Å². The monoisotopic (exact) mass is 309 g/mol. The molecule has 1 aliphatic heterocycles. The number of ether oxygens (including phenoxy) is 2. The minimum absolute atomic E-state index is 0.246. The number of aliphatic hydroxyl groups is 5. The van der Waals surface area contributed by atoms with Crippen LogP contribution < -0.4 is 5.32 Å². The van der Waals surface area contributed by atoms with Crippen LogP contribution in [0.25, 0.3) is 0 Å². The number of hydrogen-bond donors (Lipinski definition) is 6. The second kappa shape index (κ2) is 7.45. The predicted octanol–water partition coefficient (Wildman–Crippen LogP) is -3.31. The quantitative estimate of drug-likeness (QED) is 0.299. The summed E-state index contributed by atoms with van der Waals surface area (Å²) in [5.74, 6) is -2.35. The molecule has 21 heavy (non-hydrogen) atoms. The van der Waals surface area contributed by atoms with Gasteiger partial charge in [0.05, 0.1) is 18.8 Å². The normalized spacial score (nSPS) is 36.0. The highest BCUT2D eigenvalue weighted by Gasteiger charge is 2.49. The molecule has 0 aromatic rings. The Hall–Kier alpha value is -0.810. The van der Waals surface area contributed by atoms with Crippen molar-refractivity contribution in [2.75, 3.05) is 20.3 Å². The van der Waals surface area contributed by atoms with Crippen molar-refractivity contribution in [3.05, 3.63) is 0 Å². The summed E-state index contributed by atoms with van der Waals surface area (Å²) in [6.07, 6.45) is -5.97. The van der Waals surface area contributed by atoms with Crippen LogP contribution in [0, 0.1) is 0 Å². The minimum atomic E-state index is -1.87. The van der Waals surface area contributed by atoms with Crippen molar-refractivity contribution in [3.63, 3.8) is 0 Å². The van der Waals surface area contributed by atoms with Crippen molar-refractivity contribution in [3.8, 4) is 0 Å². The first-order valence-corrected chi connectivity index (χ1v) is 6.55. The number of hydrogen-bond acceptors (Lipinski definition) is 8. The maximum atomic E-state index is 11.2. The van der Waals surface area contributed by atoms with Gasteiger partial charge >= 0.3 is 0 Å². The summed E-state index contributed by atoms with van der Waals surface area (Å²) in [5, 5.41) is 51.1. The van der Waals surface area contributed by atoms with Crippen LogP contribution >= 0.6 is 0 Å². The highest BCUT2D eigenvalue weighted by atomic mass is 16.7. The molecule has 1 fully saturated rings. The van der Waals surface area contributed by atoms with Gasteiger partial charge in [0, 0.05) is 20.5 Å². The molecule has 124 valence electrons. The molecule has 1 rings (SSSR count). The van der Waals surface area contributed by atoms with Crippen molar-refractivity contribution < 1.29 is 39.8 Å². The van der Waals surface area contributed by atoms with Crippen LogP contribution in [0.4, 0.5) is 0 Å². The average Bonchev–Trinajstić information content (AvgIpc) is 2.39. The Balaban J connectivity index is 2.98. The van der Waals surface area contributed by atoms with E-state index >= 15 is 0 Å².